The molecule has 0 atom stereocenters. The van der Waals surface area contributed by atoms with Crippen LogP contribution in [0, 0.1) is 5.92 Å². The summed E-state index contributed by atoms with van der Waals surface area (Å²) < 4.78 is 7.02. The van der Waals surface area contributed by atoms with E-state index in [9.17, 15) is 9.59 Å². The van der Waals surface area contributed by atoms with Crippen molar-refractivity contribution in [2.45, 2.75) is 20.4 Å². The Balaban J connectivity index is 1.50. The Labute approximate surface area is 157 Å². The van der Waals surface area contributed by atoms with Gasteiger partial charge in [0.05, 0.1) is 6.33 Å². The Kier molecular flexibility index (Phi) is 4.70. The number of carbonyl (C=O) groups is 1. The molecule has 1 aromatic carbocycles. The van der Waals surface area contributed by atoms with E-state index >= 15 is 0 Å². The zero-order valence-corrected chi connectivity index (χ0v) is 15.7. The summed E-state index contributed by atoms with van der Waals surface area (Å²) in [6.07, 6.45) is 1.44. The van der Waals surface area contributed by atoms with Gasteiger partial charge in [0.2, 0.25) is 11.5 Å². The van der Waals surface area contributed by atoms with Crippen LogP contribution in [-0.4, -0.2) is 58.0 Å². The van der Waals surface area contributed by atoms with Gasteiger partial charge in [0.1, 0.15) is 17.6 Å². The van der Waals surface area contributed by atoms with E-state index in [-0.39, 0.29) is 23.6 Å². The number of hydrogen-bond donors (Lipinski definition) is 0. The maximum Gasteiger partial charge on any atom is 0.297 e. The monoisotopic (exact) mass is 368 g/mol. The molecule has 1 aliphatic heterocycles. The summed E-state index contributed by atoms with van der Waals surface area (Å²) in [5, 5.41) is 0.810. The van der Waals surface area contributed by atoms with Gasteiger partial charge in [-0.2, -0.15) is 0 Å². The maximum atomic E-state index is 12.7. The second-order valence-electron chi connectivity index (χ2n) is 7.53. The summed E-state index contributed by atoms with van der Waals surface area (Å²) in [5.74, 6) is 0.561. The van der Waals surface area contributed by atoms with Crippen LogP contribution in [0.5, 0.6) is 0 Å². The predicted octanol–water partition coefficient (Wildman–Crippen LogP) is 1.94. The number of para-hydroxylation sites is 1. The Morgan fingerprint density at radius 1 is 1.19 bits per heavy atom. The number of piperazine rings is 1. The largest absolute Gasteiger partial charge is 0.448 e. The highest BCUT2D eigenvalue weighted by Gasteiger charge is 2.22. The molecule has 142 valence electrons. The number of amides is 1. The normalized spacial score (nSPS) is 15.9. The first-order valence-corrected chi connectivity index (χ1v) is 9.39. The van der Waals surface area contributed by atoms with Crippen LogP contribution >= 0.6 is 0 Å². The zero-order valence-electron chi connectivity index (χ0n) is 15.7. The van der Waals surface area contributed by atoms with E-state index in [1.165, 1.54) is 10.9 Å². The summed E-state index contributed by atoms with van der Waals surface area (Å²) in [7, 11) is 0. The van der Waals surface area contributed by atoms with Crippen molar-refractivity contribution in [2.75, 3.05) is 32.7 Å². The van der Waals surface area contributed by atoms with Crippen LogP contribution < -0.4 is 5.56 Å². The van der Waals surface area contributed by atoms with E-state index in [4.69, 9.17) is 4.42 Å². The number of hydrogen-bond acceptors (Lipinski definition) is 5. The average Bonchev–Trinajstić information content (AvgIpc) is 3.03. The van der Waals surface area contributed by atoms with Crippen molar-refractivity contribution in [1.82, 2.24) is 19.4 Å². The van der Waals surface area contributed by atoms with Crippen molar-refractivity contribution in [2.24, 2.45) is 5.92 Å². The van der Waals surface area contributed by atoms with Gasteiger partial charge in [-0.3, -0.25) is 19.1 Å². The molecule has 0 saturated carbocycles. The smallest absolute Gasteiger partial charge is 0.297 e. The predicted molar refractivity (Wildman–Crippen MR) is 104 cm³/mol. The van der Waals surface area contributed by atoms with E-state index in [0.29, 0.717) is 30.1 Å². The van der Waals surface area contributed by atoms with E-state index in [1.807, 2.05) is 29.2 Å². The number of benzene rings is 1. The van der Waals surface area contributed by atoms with Gasteiger partial charge in [-0.05, 0) is 18.1 Å². The first-order chi connectivity index (χ1) is 13.0. The van der Waals surface area contributed by atoms with E-state index in [1.54, 1.807) is 0 Å². The molecule has 0 unspecified atom stereocenters. The molecule has 0 radical (unpaired) electrons. The fourth-order valence-electron chi connectivity index (χ4n) is 3.67. The molecule has 1 amide bonds. The molecule has 2 aromatic heterocycles. The third kappa shape index (κ3) is 3.47. The zero-order chi connectivity index (χ0) is 19.0. The lowest BCUT2D eigenvalue weighted by molar-refractivity contribution is -0.133. The van der Waals surface area contributed by atoms with Gasteiger partial charge in [-0.1, -0.05) is 26.0 Å². The van der Waals surface area contributed by atoms with Crippen LogP contribution in [0.2, 0.25) is 0 Å². The molecular formula is C20H24N4O3. The van der Waals surface area contributed by atoms with Crippen LogP contribution in [0.1, 0.15) is 13.8 Å². The molecule has 3 aromatic rings. The van der Waals surface area contributed by atoms with Crippen molar-refractivity contribution < 1.29 is 9.21 Å². The number of carbonyl (C=O) groups excluding carboxylic acids is 1. The minimum absolute atomic E-state index is 0.0109. The molecular weight excluding hydrogens is 344 g/mol. The molecule has 3 heterocycles. The molecule has 1 aliphatic rings. The molecule has 0 spiro atoms. The van der Waals surface area contributed by atoms with Crippen LogP contribution in [0.3, 0.4) is 0 Å². The van der Waals surface area contributed by atoms with Gasteiger partial charge < -0.3 is 9.32 Å². The fourth-order valence-corrected chi connectivity index (χ4v) is 3.67. The van der Waals surface area contributed by atoms with Gasteiger partial charge in [-0.25, -0.2) is 4.98 Å². The molecule has 1 saturated heterocycles. The van der Waals surface area contributed by atoms with E-state index in [2.05, 4.69) is 23.7 Å². The number of nitrogens with zero attached hydrogens (tertiary/aromatic N) is 4. The minimum atomic E-state index is -0.317. The van der Waals surface area contributed by atoms with Crippen LogP contribution in [0.4, 0.5) is 0 Å². The lowest BCUT2D eigenvalue weighted by Crippen LogP contribution is -2.50. The van der Waals surface area contributed by atoms with Gasteiger partial charge in [0, 0.05) is 38.1 Å². The topological polar surface area (TPSA) is 71.6 Å². The van der Waals surface area contributed by atoms with Gasteiger partial charge in [-0.15, -0.1) is 0 Å². The third-order valence-electron chi connectivity index (χ3n) is 5.00. The van der Waals surface area contributed by atoms with Crippen LogP contribution in [-0.2, 0) is 11.3 Å². The Hall–Kier alpha value is -2.67. The summed E-state index contributed by atoms with van der Waals surface area (Å²) in [4.78, 5) is 34.0. The van der Waals surface area contributed by atoms with Crippen molar-refractivity contribution in [1.29, 1.82) is 0 Å². The average molecular weight is 368 g/mol. The molecule has 27 heavy (non-hydrogen) atoms. The first-order valence-electron chi connectivity index (χ1n) is 9.39. The number of aromatic nitrogens is 2. The third-order valence-corrected chi connectivity index (χ3v) is 5.00. The molecule has 0 N–H and O–H groups in total. The molecule has 0 bridgehead atoms. The highest BCUT2D eigenvalue weighted by molar-refractivity contribution is 6.01. The quantitative estimate of drug-likeness (QED) is 0.704. The lowest BCUT2D eigenvalue weighted by Gasteiger charge is -2.35. The maximum absolute atomic E-state index is 12.7. The van der Waals surface area contributed by atoms with Crippen molar-refractivity contribution in [3.8, 4) is 0 Å². The second-order valence-corrected chi connectivity index (χ2v) is 7.53. The molecule has 1 fully saturated rings. The van der Waals surface area contributed by atoms with E-state index in [0.717, 1.165) is 25.0 Å². The molecule has 0 aliphatic carbocycles. The summed E-state index contributed by atoms with van der Waals surface area (Å²) >= 11 is 0. The summed E-state index contributed by atoms with van der Waals surface area (Å²) in [6.45, 7) is 8.58. The van der Waals surface area contributed by atoms with Crippen molar-refractivity contribution in [3.05, 3.63) is 40.9 Å². The van der Waals surface area contributed by atoms with Gasteiger partial charge in [0.25, 0.3) is 5.56 Å². The minimum Gasteiger partial charge on any atom is -0.448 e. The first kappa shape index (κ1) is 17.7. The Bertz CT molecular complexity index is 1030. The Morgan fingerprint density at radius 2 is 1.93 bits per heavy atom. The second kappa shape index (κ2) is 7.15. The molecule has 4 rings (SSSR count). The van der Waals surface area contributed by atoms with Crippen molar-refractivity contribution in [3.63, 3.8) is 0 Å². The van der Waals surface area contributed by atoms with Gasteiger partial charge in [0.15, 0.2) is 0 Å². The summed E-state index contributed by atoms with van der Waals surface area (Å²) in [6, 6.07) is 7.42. The highest BCUT2D eigenvalue weighted by atomic mass is 16.3. The standard InChI is InChI=1S/C20H24N4O3/c1-14(2)11-22-7-9-23(10-8-22)17(25)12-24-13-21-18-15-5-3-4-6-16(15)27-19(18)20(24)26/h3-6,13-14H,7-12H2,1-2H3. The van der Waals surface area contributed by atoms with Crippen LogP contribution in [0.15, 0.2) is 39.8 Å². The number of fused-ring (bicyclic) bond motifs is 3. The summed E-state index contributed by atoms with van der Waals surface area (Å²) in [5.41, 5.74) is 1.06. The molecule has 7 nitrogen and oxygen atoms in total. The van der Waals surface area contributed by atoms with E-state index < -0.39 is 0 Å². The number of rotatable bonds is 4. The fraction of sp³-hybridized carbons (Fsp3) is 0.450. The van der Waals surface area contributed by atoms with Crippen LogP contribution in [0.25, 0.3) is 22.1 Å². The lowest BCUT2D eigenvalue weighted by atomic mass is 10.2. The van der Waals surface area contributed by atoms with Gasteiger partial charge >= 0.3 is 0 Å². The Morgan fingerprint density at radius 3 is 2.67 bits per heavy atom. The number of furan rings is 1. The SMILES string of the molecule is CC(C)CN1CCN(C(=O)Cn2cnc3c(oc4ccccc43)c2=O)CC1. The van der Waals surface area contributed by atoms with Crippen molar-refractivity contribution >= 4 is 28.0 Å². The highest BCUT2D eigenvalue weighted by Crippen LogP contribution is 2.24. The molecule has 7 heteroatoms.